The highest BCUT2D eigenvalue weighted by atomic mass is 127. The van der Waals surface area contributed by atoms with Gasteiger partial charge in [0, 0.05) is 37.3 Å². The van der Waals surface area contributed by atoms with Gasteiger partial charge >= 0.3 is 0 Å². The Balaban J connectivity index is 0.00000480. The normalized spacial score (nSPS) is 17.6. The minimum Gasteiger partial charge on any atom is -0.357 e. The van der Waals surface area contributed by atoms with E-state index >= 15 is 0 Å². The molecule has 0 bridgehead atoms. The fraction of sp³-hybridized carbons (Fsp3) is 0.682. The van der Waals surface area contributed by atoms with Crippen LogP contribution >= 0.6 is 24.0 Å². The van der Waals surface area contributed by atoms with Crippen LogP contribution in [0.2, 0.25) is 0 Å². The van der Waals surface area contributed by atoms with Crippen LogP contribution in [0.3, 0.4) is 0 Å². The Morgan fingerprint density at radius 2 is 1.81 bits per heavy atom. The highest BCUT2D eigenvalue weighted by Gasteiger charge is 2.27. The highest BCUT2D eigenvalue weighted by Crippen LogP contribution is 2.17. The Labute approximate surface area is 205 Å². The zero-order chi connectivity index (χ0) is 22.2. The van der Waals surface area contributed by atoms with Gasteiger partial charge < -0.3 is 16.0 Å². The SMILES string of the molecule is CCNC(=NCC(C)(C)NC(C)c1ccccc1)NC1CCN(S(=O)(=O)CC)CC1.I. The van der Waals surface area contributed by atoms with Crippen LogP contribution in [0.4, 0.5) is 0 Å². The summed E-state index contributed by atoms with van der Waals surface area (Å²) in [6.07, 6.45) is 1.58. The first-order valence-electron chi connectivity index (χ1n) is 11.0. The molecule has 1 atom stereocenters. The third-order valence-corrected chi connectivity index (χ3v) is 7.32. The molecule has 1 heterocycles. The molecule has 3 N–H and O–H groups in total. The van der Waals surface area contributed by atoms with Gasteiger partial charge in [0.2, 0.25) is 10.0 Å². The number of halogens is 1. The topological polar surface area (TPSA) is 85.8 Å². The summed E-state index contributed by atoms with van der Waals surface area (Å²) in [5.74, 6) is 0.954. The van der Waals surface area contributed by atoms with E-state index in [0.717, 1.165) is 25.3 Å². The molecule has 0 saturated carbocycles. The van der Waals surface area contributed by atoms with E-state index in [1.807, 2.05) is 6.07 Å². The average molecular weight is 566 g/mol. The first-order chi connectivity index (χ1) is 14.2. The van der Waals surface area contributed by atoms with E-state index in [1.165, 1.54) is 5.56 Å². The van der Waals surface area contributed by atoms with Gasteiger partial charge in [0.1, 0.15) is 0 Å². The number of guanidine groups is 1. The number of sulfonamides is 1. The molecule has 1 aliphatic heterocycles. The van der Waals surface area contributed by atoms with Gasteiger partial charge in [-0.05, 0) is 53.0 Å². The quantitative estimate of drug-likeness (QED) is 0.244. The molecule has 0 aromatic heterocycles. The first-order valence-corrected chi connectivity index (χ1v) is 12.6. The highest BCUT2D eigenvalue weighted by molar-refractivity contribution is 14.0. The van der Waals surface area contributed by atoms with E-state index in [0.29, 0.717) is 19.6 Å². The molecule has 1 aromatic rings. The second-order valence-corrected chi connectivity index (χ2v) is 10.8. The number of hydrogen-bond acceptors (Lipinski definition) is 4. The van der Waals surface area contributed by atoms with Gasteiger partial charge in [-0.15, -0.1) is 24.0 Å². The Hall–Kier alpha value is -0.910. The fourth-order valence-electron chi connectivity index (χ4n) is 3.71. The van der Waals surface area contributed by atoms with E-state index in [2.05, 4.69) is 67.9 Å². The van der Waals surface area contributed by atoms with Gasteiger partial charge in [-0.2, -0.15) is 0 Å². The average Bonchev–Trinajstić information content (AvgIpc) is 2.73. The standard InChI is InChI=1S/C22H39N5O2S.HI/c1-6-23-21(25-20-13-15-27(16-14-20)30(28,29)7-2)24-17-22(4,5)26-18(3)19-11-9-8-10-12-19;/h8-12,18,20,26H,6-7,13-17H2,1-5H3,(H2,23,24,25);1H. The van der Waals surface area contributed by atoms with E-state index in [1.54, 1.807) is 11.2 Å². The number of piperidine rings is 1. The summed E-state index contributed by atoms with van der Waals surface area (Å²) >= 11 is 0. The van der Waals surface area contributed by atoms with E-state index in [4.69, 9.17) is 4.99 Å². The second kappa shape index (κ2) is 13.0. The van der Waals surface area contributed by atoms with Gasteiger partial charge in [0.05, 0.1) is 12.3 Å². The van der Waals surface area contributed by atoms with Crippen LogP contribution in [0, 0.1) is 0 Å². The van der Waals surface area contributed by atoms with E-state index < -0.39 is 10.0 Å². The van der Waals surface area contributed by atoms with Crippen molar-refractivity contribution in [1.82, 2.24) is 20.3 Å². The number of nitrogens with one attached hydrogen (secondary N) is 3. The van der Waals surface area contributed by atoms with E-state index in [-0.39, 0.29) is 47.4 Å². The van der Waals surface area contributed by atoms with Crippen LogP contribution in [0.1, 0.15) is 59.1 Å². The van der Waals surface area contributed by atoms with Crippen molar-refractivity contribution in [3.63, 3.8) is 0 Å². The van der Waals surface area contributed by atoms with Crippen molar-refractivity contribution >= 4 is 40.0 Å². The van der Waals surface area contributed by atoms with Gasteiger partial charge in [-0.3, -0.25) is 4.99 Å². The molecule has 1 unspecified atom stereocenters. The molecule has 7 nitrogen and oxygen atoms in total. The lowest BCUT2D eigenvalue weighted by atomic mass is 10.0. The largest absolute Gasteiger partial charge is 0.357 e. The molecule has 0 amide bonds. The molecule has 1 fully saturated rings. The van der Waals surface area contributed by atoms with Crippen molar-refractivity contribution < 1.29 is 8.42 Å². The summed E-state index contributed by atoms with van der Waals surface area (Å²) in [7, 11) is -3.10. The number of nitrogens with zero attached hydrogens (tertiary/aromatic N) is 2. The van der Waals surface area contributed by atoms with Crippen molar-refractivity contribution in [2.75, 3.05) is 31.9 Å². The lowest BCUT2D eigenvalue weighted by Gasteiger charge is -2.33. The predicted octanol–water partition coefficient (Wildman–Crippen LogP) is 3.10. The van der Waals surface area contributed by atoms with Gasteiger partial charge in [-0.1, -0.05) is 30.3 Å². The van der Waals surface area contributed by atoms with Crippen molar-refractivity contribution in [2.45, 2.75) is 65.1 Å². The summed E-state index contributed by atoms with van der Waals surface area (Å²) in [6, 6.07) is 10.9. The van der Waals surface area contributed by atoms with Gasteiger partial charge in [0.15, 0.2) is 5.96 Å². The smallest absolute Gasteiger partial charge is 0.213 e. The third-order valence-electron chi connectivity index (χ3n) is 5.44. The van der Waals surface area contributed by atoms with Crippen LogP contribution < -0.4 is 16.0 Å². The van der Waals surface area contributed by atoms with Crippen LogP contribution in [0.15, 0.2) is 35.3 Å². The molecule has 0 radical (unpaired) electrons. The summed E-state index contributed by atoms with van der Waals surface area (Å²) in [5.41, 5.74) is 1.09. The van der Waals surface area contributed by atoms with Crippen molar-refractivity contribution in [1.29, 1.82) is 0 Å². The van der Waals surface area contributed by atoms with Crippen molar-refractivity contribution in [3.05, 3.63) is 35.9 Å². The molecule has 31 heavy (non-hydrogen) atoms. The molecule has 0 spiro atoms. The van der Waals surface area contributed by atoms with Crippen LogP contribution in [-0.4, -0.2) is 62.2 Å². The Morgan fingerprint density at radius 1 is 1.19 bits per heavy atom. The lowest BCUT2D eigenvalue weighted by Crippen LogP contribution is -2.51. The Bertz CT molecular complexity index is 778. The van der Waals surface area contributed by atoms with Gasteiger partial charge in [-0.25, -0.2) is 12.7 Å². The Kier molecular flexibility index (Phi) is 11.8. The lowest BCUT2D eigenvalue weighted by molar-refractivity contribution is 0.306. The van der Waals surface area contributed by atoms with Crippen LogP contribution in [0.25, 0.3) is 0 Å². The molecule has 0 aliphatic carbocycles. The minimum atomic E-state index is -3.10. The molecule has 178 valence electrons. The zero-order valence-electron chi connectivity index (χ0n) is 19.5. The van der Waals surface area contributed by atoms with Crippen LogP contribution in [0.5, 0.6) is 0 Å². The number of hydrogen-bond donors (Lipinski definition) is 3. The monoisotopic (exact) mass is 565 g/mol. The summed E-state index contributed by atoms with van der Waals surface area (Å²) in [6.45, 7) is 12.8. The van der Waals surface area contributed by atoms with Crippen LogP contribution in [-0.2, 0) is 10.0 Å². The minimum absolute atomic E-state index is 0. The predicted molar refractivity (Wildman–Crippen MR) is 141 cm³/mol. The molecule has 1 aromatic carbocycles. The zero-order valence-corrected chi connectivity index (χ0v) is 22.7. The fourth-order valence-corrected chi connectivity index (χ4v) is 4.84. The van der Waals surface area contributed by atoms with Gasteiger partial charge in [0.25, 0.3) is 0 Å². The Morgan fingerprint density at radius 3 is 2.35 bits per heavy atom. The second-order valence-electron chi connectivity index (χ2n) is 8.57. The maximum atomic E-state index is 12.1. The molecule has 1 saturated heterocycles. The summed E-state index contributed by atoms with van der Waals surface area (Å²) < 4.78 is 25.7. The summed E-state index contributed by atoms with van der Waals surface area (Å²) in [4.78, 5) is 4.81. The van der Waals surface area contributed by atoms with Crippen molar-refractivity contribution in [2.24, 2.45) is 4.99 Å². The maximum absolute atomic E-state index is 12.1. The molecule has 1 aliphatic rings. The van der Waals surface area contributed by atoms with Crippen molar-refractivity contribution in [3.8, 4) is 0 Å². The molecule has 2 rings (SSSR count). The summed E-state index contributed by atoms with van der Waals surface area (Å²) in [5, 5.41) is 10.5. The number of benzene rings is 1. The van der Waals surface area contributed by atoms with E-state index in [9.17, 15) is 8.42 Å². The molecular formula is C22H40IN5O2S. The number of rotatable bonds is 9. The number of aliphatic imine (C=N–C) groups is 1. The third kappa shape index (κ3) is 9.23. The maximum Gasteiger partial charge on any atom is 0.213 e. The molecule has 9 heteroatoms. The molecular weight excluding hydrogens is 525 g/mol. The first kappa shape index (κ1) is 28.1.